The molecule has 0 N–H and O–H groups in total. The van der Waals surface area contributed by atoms with E-state index < -0.39 is 0 Å². The summed E-state index contributed by atoms with van der Waals surface area (Å²) in [6.07, 6.45) is 0.465. The van der Waals surface area contributed by atoms with Crippen molar-refractivity contribution in [2.45, 2.75) is 0 Å². The Morgan fingerprint density at radius 2 is 2.20 bits per heavy atom. The van der Waals surface area contributed by atoms with Gasteiger partial charge in [-0.3, -0.25) is 4.79 Å². The molecule has 3 nitrogen and oxygen atoms in total. The molecule has 0 fully saturated rings. The van der Waals surface area contributed by atoms with Crippen molar-refractivity contribution >= 4 is 15.0 Å². The summed E-state index contributed by atoms with van der Waals surface area (Å²) < 4.78 is 9.65. The van der Waals surface area contributed by atoms with E-state index in [1.54, 1.807) is 7.11 Å². The fourth-order valence-electron chi connectivity index (χ4n) is 0.387. The van der Waals surface area contributed by atoms with Crippen LogP contribution >= 0.6 is 9.24 Å². The number of ketones is 1. The highest BCUT2D eigenvalue weighted by Crippen LogP contribution is 1.84. The molecule has 10 heavy (non-hydrogen) atoms. The first-order chi connectivity index (χ1) is 4.81. The van der Waals surface area contributed by atoms with Crippen LogP contribution in [0, 0.1) is 0 Å². The van der Waals surface area contributed by atoms with Gasteiger partial charge in [0.25, 0.3) is 0 Å². The summed E-state index contributed by atoms with van der Waals surface area (Å²) in [7, 11) is 3.95. The van der Waals surface area contributed by atoms with E-state index in [-0.39, 0.29) is 12.4 Å². The first kappa shape index (κ1) is 10.0. The highest BCUT2D eigenvalue weighted by Gasteiger charge is 1.95. The fraction of sp³-hybridized carbons (Fsp3) is 0.833. The largest absolute Gasteiger partial charge is 0.382 e. The molecule has 0 aliphatic rings. The van der Waals surface area contributed by atoms with E-state index in [4.69, 9.17) is 9.47 Å². The van der Waals surface area contributed by atoms with Crippen LogP contribution in [-0.2, 0) is 14.3 Å². The molecule has 0 heterocycles. The third-order valence-electron chi connectivity index (χ3n) is 0.923. The standard InChI is InChI=1S/C6H13O3P/c1-8-2-3-9-4-6(7)5-10/h2-5,10H2,1H3. The molecule has 1 unspecified atom stereocenters. The Labute approximate surface area is 63.3 Å². The molecule has 0 amide bonds. The van der Waals surface area contributed by atoms with Crippen LogP contribution in [0.4, 0.5) is 0 Å². The topological polar surface area (TPSA) is 35.5 Å². The third-order valence-corrected chi connectivity index (χ3v) is 1.38. The molecule has 0 spiro atoms. The lowest BCUT2D eigenvalue weighted by Gasteiger charge is -1.99. The van der Waals surface area contributed by atoms with Crippen LogP contribution in [0.1, 0.15) is 0 Å². The van der Waals surface area contributed by atoms with E-state index in [2.05, 4.69) is 9.24 Å². The van der Waals surface area contributed by atoms with Gasteiger partial charge in [0.1, 0.15) is 6.61 Å². The summed E-state index contributed by atoms with van der Waals surface area (Å²) in [5.74, 6) is 0.0982. The van der Waals surface area contributed by atoms with Gasteiger partial charge in [0.15, 0.2) is 5.78 Å². The van der Waals surface area contributed by atoms with Crippen molar-refractivity contribution in [2.24, 2.45) is 0 Å². The van der Waals surface area contributed by atoms with Crippen LogP contribution in [0.25, 0.3) is 0 Å². The van der Waals surface area contributed by atoms with Gasteiger partial charge >= 0.3 is 0 Å². The van der Waals surface area contributed by atoms with E-state index >= 15 is 0 Å². The van der Waals surface area contributed by atoms with Crippen LogP contribution < -0.4 is 0 Å². The van der Waals surface area contributed by atoms with Gasteiger partial charge in [-0.05, 0) is 0 Å². The van der Waals surface area contributed by atoms with E-state index in [1.165, 1.54) is 0 Å². The van der Waals surface area contributed by atoms with Crippen molar-refractivity contribution in [3.63, 3.8) is 0 Å². The number of carbonyl (C=O) groups is 1. The predicted molar refractivity (Wildman–Crippen MR) is 42.3 cm³/mol. The summed E-state index contributed by atoms with van der Waals surface area (Å²) in [6.45, 7) is 1.24. The van der Waals surface area contributed by atoms with E-state index in [0.717, 1.165) is 0 Å². The molecule has 0 aromatic rings. The highest BCUT2D eigenvalue weighted by atomic mass is 31.0. The molecule has 0 rings (SSSR count). The monoisotopic (exact) mass is 164 g/mol. The number of hydrogen-bond donors (Lipinski definition) is 0. The van der Waals surface area contributed by atoms with Crippen LogP contribution in [-0.4, -0.2) is 38.9 Å². The van der Waals surface area contributed by atoms with Crippen LogP contribution in [0.5, 0.6) is 0 Å². The number of rotatable bonds is 6. The zero-order valence-corrected chi connectivity index (χ0v) is 7.29. The Balaban J connectivity index is 2.96. The number of Topliss-reactive ketones (excluding diaryl/α,β-unsaturated/α-hetero) is 1. The van der Waals surface area contributed by atoms with Gasteiger partial charge in [0.2, 0.25) is 0 Å². The van der Waals surface area contributed by atoms with Gasteiger partial charge in [0.05, 0.1) is 13.2 Å². The molecule has 0 aliphatic heterocycles. The van der Waals surface area contributed by atoms with Gasteiger partial charge in [-0.2, -0.15) is 0 Å². The maximum absolute atomic E-state index is 10.6. The lowest BCUT2D eigenvalue weighted by molar-refractivity contribution is -0.121. The molecule has 0 saturated carbocycles. The summed E-state index contributed by atoms with van der Waals surface area (Å²) in [6, 6.07) is 0. The zero-order valence-electron chi connectivity index (χ0n) is 6.13. The molecule has 0 aliphatic carbocycles. The Morgan fingerprint density at radius 3 is 2.70 bits per heavy atom. The summed E-state index contributed by atoms with van der Waals surface area (Å²) in [4.78, 5) is 10.6. The van der Waals surface area contributed by atoms with Gasteiger partial charge in [0, 0.05) is 13.3 Å². The third kappa shape index (κ3) is 6.14. The van der Waals surface area contributed by atoms with Gasteiger partial charge in [-0.25, -0.2) is 0 Å². The SMILES string of the molecule is COCCOCC(=O)CP. The maximum Gasteiger partial charge on any atom is 0.162 e. The maximum atomic E-state index is 10.6. The minimum atomic E-state index is 0.0982. The molecular formula is C6H13O3P. The smallest absolute Gasteiger partial charge is 0.162 e. The zero-order chi connectivity index (χ0) is 7.82. The molecule has 0 bridgehead atoms. The number of ether oxygens (including phenoxy) is 2. The van der Waals surface area contributed by atoms with Gasteiger partial charge < -0.3 is 9.47 Å². The molecule has 0 aromatic heterocycles. The van der Waals surface area contributed by atoms with Crippen molar-refractivity contribution < 1.29 is 14.3 Å². The second kappa shape index (κ2) is 7.13. The van der Waals surface area contributed by atoms with Crippen LogP contribution in [0.2, 0.25) is 0 Å². The number of hydrogen-bond acceptors (Lipinski definition) is 3. The molecule has 60 valence electrons. The number of methoxy groups -OCH3 is 1. The lowest BCUT2D eigenvalue weighted by Crippen LogP contribution is -2.12. The quantitative estimate of drug-likeness (QED) is 0.412. The first-order valence-corrected chi connectivity index (χ1v) is 3.91. The molecule has 1 atom stereocenters. The Kier molecular flexibility index (Phi) is 7.15. The molecule has 0 saturated heterocycles. The average Bonchev–Trinajstić information content (AvgIpc) is 1.98. The first-order valence-electron chi connectivity index (χ1n) is 3.09. The van der Waals surface area contributed by atoms with Gasteiger partial charge in [-0.1, -0.05) is 0 Å². The fourth-order valence-corrected chi connectivity index (χ4v) is 0.505. The van der Waals surface area contributed by atoms with E-state index in [1.807, 2.05) is 0 Å². The summed E-state index contributed by atoms with van der Waals surface area (Å²) in [5, 5.41) is 0. The normalized spacial score (nSPS) is 9.80. The average molecular weight is 164 g/mol. The summed E-state index contributed by atoms with van der Waals surface area (Å²) >= 11 is 0. The minimum absolute atomic E-state index is 0.0982. The van der Waals surface area contributed by atoms with Crippen LogP contribution in [0.3, 0.4) is 0 Å². The van der Waals surface area contributed by atoms with E-state index in [0.29, 0.717) is 19.4 Å². The highest BCUT2D eigenvalue weighted by molar-refractivity contribution is 7.18. The lowest BCUT2D eigenvalue weighted by atomic mass is 10.5. The second-order valence-electron chi connectivity index (χ2n) is 1.79. The molecule has 0 aromatic carbocycles. The second-order valence-corrected chi connectivity index (χ2v) is 2.20. The Bertz CT molecular complexity index is 95.0. The van der Waals surface area contributed by atoms with Crippen LogP contribution in [0.15, 0.2) is 0 Å². The Hall–Kier alpha value is 0.0200. The molecular weight excluding hydrogens is 151 g/mol. The Morgan fingerprint density at radius 1 is 1.50 bits per heavy atom. The minimum Gasteiger partial charge on any atom is -0.382 e. The molecule has 0 radical (unpaired) electrons. The number of carbonyl (C=O) groups excluding carboxylic acids is 1. The predicted octanol–water partition coefficient (Wildman–Crippen LogP) is 0.0936. The summed E-state index contributed by atoms with van der Waals surface area (Å²) in [5.41, 5.74) is 0. The van der Waals surface area contributed by atoms with E-state index in [9.17, 15) is 4.79 Å². The molecule has 4 heteroatoms. The van der Waals surface area contributed by atoms with Crippen molar-refractivity contribution in [2.75, 3.05) is 33.1 Å². The van der Waals surface area contributed by atoms with Crippen molar-refractivity contribution in [3.05, 3.63) is 0 Å². The van der Waals surface area contributed by atoms with Crippen molar-refractivity contribution in [1.29, 1.82) is 0 Å². The van der Waals surface area contributed by atoms with Gasteiger partial charge in [-0.15, -0.1) is 9.24 Å². The van der Waals surface area contributed by atoms with Crippen molar-refractivity contribution in [1.82, 2.24) is 0 Å². The van der Waals surface area contributed by atoms with Crippen molar-refractivity contribution in [3.8, 4) is 0 Å².